The van der Waals surface area contributed by atoms with Gasteiger partial charge in [-0.15, -0.1) is 0 Å². The second-order valence-corrected chi connectivity index (χ2v) is 3.26. The Morgan fingerprint density at radius 2 is 2.21 bits per heavy atom. The Hall–Kier alpha value is -1.45. The lowest BCUT2D eigenvalue weighted by molar-refractivity contribution is 0.423. The maximum atomic E-state index is 11.0. The van der Waals surface area contributed by atoms with Crippen molar-refractivity contribution in [2.45, 2.75) is 32.6 Å². The minimum absolute atomic E-state index is 0.187. The second kappa shape index (κ2) is 4.69. The summed E-state index contributed by atoms with van der Waals surface area (Å²) in [5.74, 6) is 0.308. The highest BCUT2D eigenvalue weighted by molar-refractivity contribution is 5.48. The third-order valence-corrected chi connectivity index (χ3v) is 2.04. The van der Waals surface area contributed by atoms with Gasteiger partial charge in [0.05, 0.1) is 0 Å². The number of hydrogen-bond donors (Lipinski definition) is 2. The molecule has 0 aliphatic rings. The Morgan fingerprint density at radius 3 is 2.79 bits per heavy atom. The normalized spacial score (nSPS) is 10.4. The fourth-order valence-corrected chi connectivity index (χ4v) is 1.21. The van der Waals surface area contributed by atoms with Gasteiger partial charge in [0.1, 0.15) is 11.5 Å². The second-order valence-electron chi connectivity index (χ2n) is 3.26. The van der Waals surface area contributed by atoms with E-state index in [1.54, 1.807) is 0 Å². The van der Waals surface area contributed by atoms with Crippen LogP contribution in [0.25, 0.3) is 0 Å². The van der Waals surface area contributed by atoms with Gasteiger partial charge in [0.25, 0.3) is 0 Å². The van der Waals surface area contributed by atoms with Crippen LogP contribution in [0.15, 0.2) is 15.3 Å². The Kier molecular flexibility index (Phi) is 3.56. The first kappa shape index (κ1) is 10.6. The topological polar surface area (TPSA) is 76.5 Å². The van der Waals surface area contributed by atoms with Crippen LogP contribution in [-0.2, 0) is 6.42 Å². The van der Waals surface area contributed by atoms with Crippen molar-refractivity contribution in [3.8, 4) is 5.75 Å². The zero-order valence-electron chi connectivity index (χ0n) is 8.25. The molecule has 0 fully saturated rings. The van der Waals surface area contributed by atoms with E-state index in [0.717, 1.165) is 19.3 Å². The lowest BCUT2D eigenvalue weighted by atomic mass is 10.1. The molecule has 0 aromatic carbocycles. The Morgan fingerprint density at radius 1 is 1.50 bits per heavy atom. The number of nitrogens with two attached hydrogens (primary N) is 1. The fraction of sp³-hybridized carbons (Fsp3) is 0.500. The first-order valence-electron chi connectivity index (χ1n) is 4.76. The number of aromatic hydroxyl groups is 1. The molecule has 1 heterocycles. The molecule has 0 spiro atoms. The van der Waals surface area contributed by atoms with Gasteiger partial charge < -0.3 is 15.3 Å². The smallest absolute Gasteiger partial charge is 0.363 e. The highest BCUT2D eigenvalue weighted by Crippen LogP contribution is 2.17. The lowest BCUT2D eigenvalue weighted by Crippen LogP contribution is -2.07. The molecular formula is C10H15NO3. The molecule has 4 nitrogen and oxygen atoms in total. The quantitative estimate of drug-likeness (QED) is 0.720. The number of nitrogen functional groups attached to an aromatic ring is 1. The number of rotatable bonds is 4. The standard InChI is InChI=1S/C10H15NO3/c1-2-3-4-5-7-6-8(12)9(11)10(13)14-7/h6,12H,2-5,11H2,1H3. The van der Waals surface area contributed by atoms with Crippen LogP contribution in [0.2, 0.25) is 0 Å². The maximum absolute atomic E-state index is 11.0. The van der Waals surface area contributed by atoms with Gasteiger partial charge in [-0.1, -0.05) is 19.8 Å². The molecule has 0 atom stereocenters. The van der Waals surface area contributed by atoms with Crippen molar-refractivity contribution in [2.24, 2.45) is 0 Å². The average molecular weight is 197 g/mol. The molecule has 1 aromatic rings. The zero-order valence-corrected chi connectivity index (χ0v) is 8.25. The molecule has 0 amide bonds. The SMILES string of the molecule is CCCCCc1cc(O)c(N)c(=O)o1. The molecule has 0 bridgehead atoms. The van der Waals surface area contributed by atoms with Crippen LogP contribution < -0.4 is 11.4 Å². The van der Waals surface area contributed by atoms with E-state index in [-0.39, 0.29) is 11.4 Å². The molecular weight excluding hydrogens is 182 g/mol. The van der Waals surface area contributed by atoms with Crippen molar-refractivity contribution in [1.82, 2.24) is 0 Å². The Bertz CT molecular complexity index is 357. The van der Waals surface area contributed by atoms with Crippen LogP contribution in [-0.4, -0.2) is 5.11 Å². The molecule has 0 radical (unpaired) electrons. The predicted molar refractivity (Wildman–Crippen MR) is 54.3 cm³/mol. The zero-order chi connectivity index (χ0) is 10.6. The van der Waals surface area contributed by atoms with Crippen LogP contribution in [0.1, 0.15) is 31.9 Å². The van der Waals surface area contributed by atoms with E-state index in [1.807, 2.05) is 0 Å². The summed E-state index contributed by atoms with van der Waals surface area (Å²) in [5.41, 5.74) is 4.38. The van der Waals surface area contributed by atoms with E-state index in [0.29, 0.717) is 12.2 Å². The monoisotopic (exact) mass is 197 g/mol. The molecule has 0 aliphatic carbocycles. The van der Waals surface area contributed by atoms with Crippen molar-refractivity contribution < 1.29 is 9.52 Å². The Balaban J connectivity index is 2.75. The van der Waals surface area contributed by atoms with Crippen molar-refractivity contribution in [3.05, 3.63) is 22.2 Å². The molecule has 0 saturated carbocycles. The summed E-state index contributed by atoms with van der Waals surface area (Å²) in [6.07, 6.45) is 3.79. The highest BCUT2D eigenvalue weighted by Gasteiger charge is 2.06. The van der Waals surface area contributed by atoms with Gasteiger partial charge in [0.2, 0.25) is 0 Å². The highest BCUT2D eigenvalue weighted by atomic mass is 16.4. The minimum Gasteiger partial charge on any atom is -0.505 e. The number of hydrogen-bond acceptors (Lipinski definition) is 4. The van der Waals surface area contributed by atoms with Gasteiger partial charge in [-0.05, 0) is 6.42 Å². The number of anilines is 1. The largest absolute Gasteiger partial charge is 0.505 e. The minimum atomic E-state index is -0.656. The van der Waals surface area contributed by atoms with E-state index in [1.165, 1.54) is 6.07 Å². The van der Waals surface area contributed by atoms with Gasteiger partial charge in [-0.3, -0.25) is 0 Å². The molecule has 3 N–H and O–H groups in total. The van der Waals surface area contributed by atoms with Crippen molar-refractivity contribution in [3.63, 3.8) is 0 Å². The molecule has 0 aliphatic heterocycles. The fourth-order valence-electron chi connectivity index (χ4n) is 1.21. The summed E-state index contributed by atoms with van der Waals surface area (Å²) in [5, 5.41) is 9.25. The summed E-state index contributed by atoms with van der Waals surface area (Å²) in [6.45, 7) is 2.09. The van der Waals surface area contributed by atoms with Gasteiger partial charge in [-0.25, -0.2) is 4.79 Å². The average Bonchev–Trinajstić information content (AvgIpc) is 2.14. The third-order valence-electron chi connectivity index (χ3n) is 2.04. The number of aryl methyl sites for hydroxylation is 1. The summed E-state index contributed by atoms with van der Waals surface area (Å²) in [6, 6.07) is 1.41. The third kappa shape index (κ3) is 2.52. The first-order valence-corrected chi connectivity index (χ1v) is 4.76. The van der Waals surface area contributed by atoms with Crippen LogP contribution in [0.5, 0.6) is 5.75 Å². The number of unbranched alkanes of at least 4 members (excludes halogenated alkanes) is 2. The van der Waals surface area contributed by atoms with E-state index < -0.39 is 5.63 Å². The van der Waals surface area contributed by atoms with Gasteiger partial charge in [0.15, 0.2) is 5.69 Å². The van der Waals surface area contributed by atoms with E-state index in [9.17, 15) is 9.90 Å². The van der Waals surface area contributed by atoms with Gasteiger partial charge in [-0.2, -0.15) is 0 Å². The Labute approximate surface area is 82.4 Å². The molecule has 78 valence electrons. The lowest BCUT2D eigenvalue weighted by Gasteiger charge is -2.01. The first-order chi connectivity index (χ1) is 6.65. The predicted octanol–water partition coefficient (Wildman–Crippen LogP) is 1.66. The van der Waals surface area contributed by atoms with Crippen LogP contribution in [0.3, 0.4) is 0 Å². The summed E-state index contributed by atoms with van der Waals surface area (Å²) in [7, 11) is 0. The van der Waals surface area contributed by atoms with Crippen molar-refractivity contribution >= 4 is 5.69 Å². The van der Waals surface area contributed by atoms with E-state index in [4.69, 9.17) is 10.2 Å². The van der Waals surface area contributed by atoms with E-state index >= 15 is 0 Å². The van der Waals surface area contributed by atoms with Gasteiger partial charge >= 0.3 is 5.63 Å². The molecule has 4 heteroatoms. The summed E-state index contributed by atoms with van der Waals surface area (Å²) < 4.78 is 4.89. The van der Waals surface area contributed by atoms with Crippen LogP contribution in [0.4, 0.5) is 5.69 Å². The van der Waals surface area contributed by atoms with E-state index in [2.05, 4.69) is 6.92 Å². The van der Waals surface area contributed by atoms with Crippen molar-refractivity contribution in [2.75, 3.05) is 5.73 Å². The maximum Gasteiger partial charge on any atom is 0.363 e. The summed E-state index contributed by atoms with van der Waals surface area (Å²) >= 11 is 0. The van der Waals surface area contributed by atoms with Crippen LogP contribution >= 0.6 is 0 Å². The summed E-state index contributed by atoms with van der Waals surface area (Å²) in [4.78, 5) is 11.0. The van der Waals surface area contributed by atoms with Crippen LogP contribution in [0, 0.1) is 0 Å². The molecule has 1 rings (SSSR count). The molecule has 0 saturated heterocycles. The molecule has 14 heavy (non-hydrogen) atoms. The molecule has 1 aromatic heterocycles. The molecule has 0 unspecified atom stereocenters. The van der Waals surface area contributed by atoms with Crippen molar-refractivity contribution in [1.29, 1.82) is 0 Å². The van der Waals surface area contributed by atoms with Gasteiger partial charge in [0, 0.05) is 12.5 Å².